The number of nitrogens with zero attached hydrogens (tertiary/aromatic N) is 3. The summed E-state index contributed by atoms with van der Waals surface area (Å²) in [7, 11) is 0. The lowest BCUT2D eigenvalue weighted by Crippen LogP contribution is -2.45. The van der Waals surface area contributed by atoms with Gasteiger partial charge in [-0.2, -0.15) is 0 Å². The largest absolute Gasteiger partial charge is 0.390 e. The highest BCUT2D eigenvalue weighted by Crippen LogP contribution is 2.10. The highest BCUT2D eigenvalue weighted by molar-refractivity contribution is 5.14. The Bertz CT molecular complexity index is 465. The maximum Gasteiger partial charge on any atom is 0.0793 e. The first kappa shape index (κ1) is 17.8. The lowest BCUT2D eigenvalue weighted by molar-refractivity contribution is 0.00720. The quantitative estimate of drug-likeness (QED) is 0.837. The summed E-state index contributed by atoms with van der Waals surface area (Å²) in [4.78, 5) is 7.27. The van der Waals surface area contributed by atoms with Crippen LogP contribution in [-0.4, -0.2) is 91.5 Å². The third-order valence-electron chi connectivity index (χ3n) is 4.97. The van der Waals surface area contributed by atoms with Gasteiger partial charge in [0, 0.05) is 45.8 Å². The second-order valence-corrected chi connectivity index (χ2v) is 6.98. The summed E-state index contributed by atoms with van der Waals surface area (Å²) in [5.41, 5.74) is 1.39. The van der Waals surface area contributed by atoms with Crippen molar-refractivity contribution >= 4 is 0 Å². The molecule has 2 aliphatic heterocycles. The smallest absolute Gasteiger partial charge is 0.0793 e. The minimum absolute atomic E-state index is 0.260. The highest BCUT2D eigenvalue weighted by Gasteiger charge is 2.20. The molecule has 0 aliphatic carbocycles. The molecule has 0 aromatic heterocycles. The molecule has 5 heteroatoms. The van der Waals surface area contributed by atoms with Crippen LogP contribution in [0.25, 0.3) is 0 Å². The Labute approximate surface area is 145 Å². The number of morpholine rings is 1. The van der Waals surface area contributed by atoms with Gasteiger partial charge < -0.3 is 9.84 Å². The van der Waals surface area contributed by atoms with E-state index in [9.17, 15) is 5.11 Å². The number of ether oxygens (including phenoxy) is 1. The monoisotopic (exact) mass is 333 g/mol. The zero-order valence-electron chi connectivity index (χ0n) is 14.6. The van der Waals surface area contributed by atoms with E-state index in [0.717, 1.165) is 72.1 Å². The van der Waals surface area contributed by atoms with Crippen LogP contribution in [0, 0.1) is 0 Å². The number of hydrogen-bond acceptors (Lipinski definition) is 5. The van der Waals surface area contributed by atoms with Gasteiger partial charge in [-0.3, -0.25) is 14.7 Å². The minimum atomic E-state index is -0.260. The fraction of sp³-hybridized carbons (Fsp3) is 0.684. The second kappa shape index (κ2) is 9.49. The normalized spacial score (nSPS) is 23.0. The van der Waals surface area contributed by atoms with Crippen molar-refractivity contribution in [2.45, 2.75) is 19.1 Å². The third kappa shape index (κ3) is 5.83. The molecular weight excluding hydrogens is 302 g/mol. The first-order valence-corrected chi connectivity index (χ1v) is 9.26. The molecular formula is C19H31N3O2. The van der Waals surface area contributed by atoms with E-state index >= 15 is 0 Å². The zero-order valence-corrected chi connectivity index (χ0v) is 14.6. The summed E-state index contributed by atoms with van der Waals surface area (Å²) in [5.74, 6) is 0. The molecule has 1 atom stereocenters. The van der Waals surface area contributed by atoms with Gasteiger partial charge >= 0.3 is 0 Å². The first-order chi connectivity index (χ1) is 11.8. The average molecular weight is 333 g/mol. The topological polar surface area (TPSA) is 39.2 Å². The van der Waals surface area contributed by atoms with Crippen LogP contribution >= 0.6 is 0 Å². The summed E-state index contributed by atoms with van der Waals surface area (Å²) in [6.07, 6.45) is 0.917. The van der Waals surface area contributed by atoms with E-state index in [0.29, 0.717) is 0 Å². The Morgan fingerprint density at radius 3 is 2.21 bits per heavy atom. The van der Waals surface area contributed by atoms with Crippen LogP contribution in [0.1, 0.15) is 12.0 Å². The van der Waals surface area contributed by atoms with Crippen LogP contribution < -0.4 is 0 Å². The molecule has 0 saturated carbocycles. The van der Waals surface area contributed by atoms with Crippen molar-refractivity contribution in [3.05, 3.63) is 35.9 Å². The van der Waals surface area contributed by atoms with Crippen molar-refractivity contribution in [2.75, 3.05) is 65.6 Å². The van der Waals surface area contributed by atoms with Crippen LogP contribution in [0.4, 0.5) is 0 Å². The molecule has 0 radical (unpaired) electrons. The molecule has 1 N–H and O–H groups in total. The average Bonchev–Trinajstić information content (AvgIpc) is 2.82. The number of hydrogen-bond donors (Lipinski definition) is 1. The summed E-state index contributed by atoms with van der Waals surface area (Å²) in [6, 6.07) is 10.7. The third-order valence-corrected chi connectivity index (χ3v) is 4.97. The molecule has 1 unspecified atom stereocenters. The van der Waals surface area contributed by atoms with E-state index in [1.54, 1.807) is 0 Å². The molecule has 0 spiro atoms. The summed E-state index contributed by atoms with van der Waals surface area (Å²) >= 11 is 0. The molecule has 2 saturated heterocycles. The molecule has 24 heavy (non-hydrogen) atoms. The SMILES string of the molecule is OC(CN1CCOCC1)CN1CCCN(Cc2ccccc2)CC1. The Balaban J connectivity index is 1.40. The van der Waals surface area contributed by atoms with Gasteiger partial charge in [0.1, 0.15) is 0 Å². The number of aliphatic hydroxyl groups excluding tert-OH is 1. The van der Waals surface area contributed by atoms with Crippen LogP contribution in [-0.2, 0) is 11.3 Å². The number of benzene rings is 1. The number of aliphatic hydroxyl groups is 1. The van der Waals surface area contributed by atoms with Crippen molar-refractivity contribution < 1.29 is 9.84 Å². The molecule has 2 aliphatic rings. The molecule has 2 heterocycles. The molecule has 1 aromatic rings. The molecule has 2 fully saturated rings. The maximum atomic E-state index is 10.4. The van der Waals surface area contributed by atoms with Gasteiger partial charge in [-0.1, -0.05) is 30.3 Å². The number of β-amino-alcohol motifs (C(OH)–C–C–N with tert-alkyl or cyclic N) is 1. The standard InChI is InChI=1S/C19H31N3O2/c23-19(17-22-11-13-24-14-12-22)16-21-8-4-7-20(9-10-21)15-18-5-2-1-3-6-18/h1-3,5-6,19,23H,4,7-17H2. The van der Waals surface area contributed by atoms with Gasteiger partial charge in [0.25, 0.3) is 0 Å². The molecule has 0 bridgehead atoms. The van der Waals surface area contributed by atoms with E-state index in [4.69, 9.17) is 4.74 Å². The Morgan fingerprint density at radius 2 is 1.46 bits per heavy atom. The van der Waals surface area contributed by atoms with E-state index in [2.05, 4.69) is 45.0 Å². The zero-order chi connectivity index (χ0) is 16.6. The fourth-order valence-corrected chi connectivity index (χ4v) is 3.64. The molecule has 5 nitrogen and oxygen atoms in total. The fourth-order valence-electron chi connectivity index (χ4n) is 3.64. The first-order valence-electron chi connectivity index (χ1n) is 9.26. The Hall–Kier alpha value is -0.980. The van der Waals surface area contributed by atoms with Crippen molar-refractivity contribution in [3.8, 4) is 0 Å². The van der Waals surface area contributed by atoms with Crippen molar-refractivity contribution in [2.24, 2.45) is 0 Å². The van der Waals surface area contributed by atoms with Gasteiger partial charge in [-0.05, 0) is 25.1 Å². The van der Waals surface area contributed by atoms with Crippen molar-refractivity contribution in [3.63, 3.8) is 0 Å². The molecule has 0 amide bonds. The lowest BCUT2D eigenvalue weighted by atomic mass is 10.2. The molecule has 134 valence electrons. The summed E-state index contributed by atoms with van der Waals surface area (Å²) < 4.78 is 5.37. The van der Waals surface area contributed by atoms with Gasteiger partial charge in [-0.25, -0.2) is 0 Å². The van der Waals surface area contributed by atoms with E-state index in [1.165, 1.54) is 12.0 Å². The minimum Gasteiger partial charge on any atom is -0.390 e. The van der Waals surface area contributed by atoms with Crippen LogP contribution in [0.15, 0.2) is 30.3 Å². The highest BCUT2D eigenvalue weighted by atomic mass is 16.5. The van der Waals surface area contributed by atoms with Crippen LogP contribution in [0.5, 0.6) is 0 Å². The van der Waals surface area contributed by atoms with Gasteiger partial charge in [0.05, 0.1) is 19.3 Å². The van der Waals surface area contributed by atoms with Crippen LogP contribution in [0.3, 0.4) is 0 Å². The van der Waals surface area contributed by atoms with Gasteiger partial charge in [0.2, 0.25) is 0 Å². The van der Waals surface area contributed by atoms with E-state index < -0.39 is 0 Å². The predicted molar refractivity (Wildman–Crippen MR) is 96.0 cm³/mol. The lowest BCUT2D eigenvalue weighted by Gasteiger charge is -2.30. The van der Waals surface area contributed by atoms with Crippen molar-refractivity contribution in [1.29, 1.82) is 0 Å². The van der Waals surface area contributed by atoms with Crippen molar-refractivity contribution in [1.82, 2.24) is 14.7 Å². The number of rotatable bonds is 6. The Kier molecular flexibility index (Phi) is 7.05. The van der Waals surface area contributed by atoms with Crippen LogP contribution in [0.2, 0.25) is 0 Å². The van der Waals surface area contributed by atoms with Gasteiger partial charge in [0.15, 0.2) is 0 Å². The maximum absolute atomic E-state index is 10.4. The van der Waals surface area contributed by atoms with Gasteiger partial charge in [-0.15, -0.1) is 0 Å². The molecule has 1 aromatic carbocycles. The molecule has 3 rings (SSSR count). The summed E-state index contributed by atoms with van der Waals surface area (Å²) in [5, 5.41) is 10.4. The van der Waals surface area contributed by atoms with E-state index in [-0.39, 0.29) is 6.10 Å². The Morgan fingerprint density at radius 1 is 0.833 bits per heavy atom. The van der Waals surface area contributed by atoms with E-state index in [1.807, 2.05) is 0 Å². The summed E-state index contributed by atoms with van der Waals surface area (Å²) in [6.45, 7) is 10.4. The second-order valence-electron chi connectivity index (χ2n) is 6.98. The predicted octanol–water partition coefficient (Wildman–Crippen LogP) is 0.887.